The van der Waals surface area contributed by atoms with Crippen LogP contribution in [0.15, 0.2) is 6.20 Å². The van der Waals surface area contributed by atoms with Crippen LogP contribution in [0, 0.1) is 5.92 Å². The molecule has 2 rings (SSSR count). The van der Waals surface area contributed by atoms with E-state index in [1.54, 1.807) is 31.5 Å². The Morgan fingerprint density at radius 3 is 2.55 bits per heavy atom. The van der Waals surface area contributed by atoms with E-state index in [-0.39, 0.29) is 17.0 Å². The molecule has 2 heterocycles. The van der Waals surface area contributed by atoms with Gasteiger partial charge >= 0.3 is 5.97 Å². The standard InChI is InChI=1S/C15H19ClN2O4/c1-15(2,3)17-13(20)12(19)8-4-5-18-7-9(16)11(14(21)22)10(18)6-8/h7-8H,4-6H2,1-3H3,(H,17,20)(H,21,22). The van der Waals surface area contributed by atoms with Gasteiger partial charge in [0.25, 0.3) is 5.91 Å². The fourth-order valence-electron chi connectivity index (χ4n) is 2.65. The molecule has 1 aliphatic rings. The molecule has 6 nitrogen and oxygen atoms in total. The molecule has 0 aliphatic carbocycles. The highest BCUT2D eigenvalue weighted by Crippen LogP contribution is 2.30. The lowest BCUT2D eigenvalue weighted by atomic mass is 9.90. The second kappa shape index (κ2) is 5.76. The number of carbonyl (C=O) groups excluding carboxylic acids is 2. The van der Waals surface area contributed by atoms with Gasteiger partial charge in [-0.3, -0.25) is 9.59 Å². The van der Waals surface area contributed by atoms with Crippen LogP contribution in [0.2, 0.25) is 5.02 Å². The van der Waals surface area contributed by atoms with Crippen LogP contribution in [0.3, 0.4) is 0 Å². The van der Waals surface area contributed by atoms with Crippen molar-refractivity contribution >= 4 is 29.3 Å². The van der Waals surface area contributed by atoms with Crippen molar-refractivity contribution in [2.45, 2.75) is 45.7 Å². The monoisotopic (exact) mass is 326 g/mol. The summed E-state index contributed by atoms with van der Waals surface area (Å²) < 4.78 is 1.75. The van der Waals surface area contributed by atoms with Crippen LogP contribution in [0.4, 0.5) is 0 Å². The molecule has 1 aliphatic heterocycles. The molecule has 120 valence electrons. The van der Waals surface area contributed by atoms with Gasteiger partial charge in [0.05, 0.1) is 10.6 Å². The normalized spacial score (nSPS) is 17.7. The number of nitrogens with one attached hydrogen (secondary N) is 1. The van der Waals surface area contributed by atoms with E-state index in [4.69, 9.17) is 11.6 Å². The van der Waals surface area contributed by atoms with Crippen molar-refractivity contribution in [3.8, 4) is 0 Å². The number of aromatic nitrogens is 1. The first-order chi connectivity index (χ1) is 10.1. The molecule has 0 spiro atoms. The maximum atomic E-state index is 12.3. The SMILES string of the molecule is CC(C)(C)NC(=O)C(=O)C1CCn2cc(Cl)c(C(=O)O)c2C1. The smallest absolute Gasteiger partial charge is 0.339 e. The number of carboxylic acids is 1. The van der Waals surface area contributed by atoms with Gasteiger partial charge in [-0.1, -0.05) is 11.6 Å². The van der Waals surface area contributed by atoms with Crippen LogP contribution in [-0.4, -0.2) is 32.9 Å². The van der Waals surface area contributed by atoms with Gasteiger partial charge in [0, 0.05) is 29.9 Å². The average Bonchev–Trinajstić information content (AvgIpc) is 2.70. The third-order valence-electron chi connectivity index (χ3n) is 3.60. The van der Waals surface area contributed by atoms with Crippen molar-refractivity contribution in [1.29, 1.82) is 0 Å². The number of carboxylic acid groups (broad SMARTS) is 1. The van der Waals surface area contributed by atoms with Crippen LogP contribution in [0.1, 0.15) is 43.2 Å². The Labute approximate surface area is 133 Å². The number of carbonyl (C=O) groups is 3. The molecule has 22 heavy (non-hydrogen) atoms. The molecule has 1 atom stereocenters. The predicted molar refractivity (Wildman–Crippen MR) is 81.1 cm³/mol. The minimum Gasteiger partial charge on any atom is -0.478 e. The zero-order valence-corrected chi connectivity index (χ0v) is 13.5. The maximum absolute atomic E-state index is 12.3. The summed E-state index contributed by atoms with van der Waals surface area (Å²) in [7, 11) is 0. The molecule has 0 saturated heterocycles. The summed E-state index contributed by atoms with van der Waals surface area (Å²) in [5, 5.41) is 12.0. The molecule has 0 radical (unpaired) electrons. The molecule has 0 aromatic carbocycles. The van der Waals surface area contributed by atoms with Gasteiger partial charge in [-0.15, -0.1) is 0 Å². The lowest BCUT2D eigenvalue weighted by molar-refractivity contribution is -0.141. The lowest BCUT2D eigenvalue weighted by Crippen LogP contribution is -2.46. The van der Waals surface area contributed by atoms with Crippen molar-refractivity contribution in [3.05, 3.63) is 22.5 Å². The highest BCUT2D eigenvalue weighted by atomic mass is 35.5. The van der Waals surface area contributed by atoms with Crippen molar-refractivity contribution in [3.63, 3.8) is 0 Å². The summed E-state index contributed by atoms with van der Waals surface area (Å²) in [4.78, 5) is 35.5. The van der Waals surface area contributed by atoms with Gasteiger partial charge in [0.2, 0.25) is 5.78 Å². The van der Waals surface area contributed by atoms with E-state index in [1.165, 1.54) is 0 Å². The van der Waals surface area contributed by atoms with Crippen molar-refractivity contribution < 1.29 is 19.5 Å². The van der Waals surface area contributed by atoms with E-state index in [0.717, 1.165) is 0 Å². The lowest BCUT2D eigenvalue weighted by Gasteiger charge is -2.25. The molecule has 1 amide bonds. The molecular weight excluding hydrogens is 308 g/mol. The van der Waals surface area contributed by atoms with Crippen LogP contribution in [0.25, 0.3) is 0 Å². The molecule has 1 aromatic rings. The van der Waals surface area contributed by atoms with E-state index >= 15 is 0 Å². The van der Waals surface area contributed by atoms with E-state index in [2.05, 4.69) is 5.32 Å². The minimum absolute atomic E-state index is 0.0235. The summed E-state index contributed by atoms with van der Waals surface area (Å²) in [6.45, 7) is 5.87. The van der Waals surface area contributed by atoms with Gasteiger partial charge < -0.3 is 15.0 Å². The zero-order valence-electron chi connectivity index (χ0n) is 12.8. The number of aryl methyl sites for hydroxylation is 1. The van der Waals surface area contributed by atoms with Crippen molar-refractivity contribution in [1.82, 2.24) is 9.88 Å². The summed E-state index contributed by atoms with van der Waals surface area (Å²) in [6.07, 6.45) is 2.27. The van der Waals surface area contributed by atoms with Crippen LogP contribution in [0.5, 0.6) is 0 Å². The van der Waals surface area contributed by atoms with Crippen LogP contribution < -0.4 is 5.32 Å². The quantitative estimate of drug-likeness (QED) is 0.830. The van der Waals surface area contributed by atoms with Gasteiger partial charge in [0.15, 0.2) is 0 Å². The Morgan fingerprint density at radius 1 is 1.36 bits per heavy atom. The number of hydrogen-bond donors (Lipinski definition) is 2. The maximum Gasteiger partial charge on any atom is 0.339 e. The first-order valence-electron chi connectivity index (χ1n) is 7.07. The van der Waals surface area contributed by atoms with Crippen LogP contribution >= 0.6 is 11.6 Å². The second-order valence-corrected chi connectivity index (χ2v) is 6.96. The third kappa shape index (κ3) is 3.32. The predicted octanol–water partition coefficient (Wildman–Crippen LogP) is 1.89. The fraction of sp³-hybridized carbons (Fsp3) is 0.533. The molecule has 1 unspecified atom stereocenters. The van der Waals surface area contributed by atoms with Gasteiger partial charge in [-0.25, -0.2) is 4.79 Å². The molecule has 2 N–H and O–H groups in total. The number of Topliss-reactive ketones (excluding diaryl/α,β-unsaturated/α-hetero) is 1. The Hall–Kier alpha value is -1.82. The minimum atomic E-state index is -1.12. The zero-order chi connectivity index (χ0) is 16.7. The third-order valence-corrected chi connectivity index (χ3v) is 3.89. The first-order valence-corrected chi connectivity index (χ1v) is 7.45. The Morgan fingerprint density at radius 2 is 2.00 bits per heavy atom. The molecular formula is C15H19ClN2O4. The number of halogens is 1. The molecule has 1 aromatic heterocycles. The first kappa shape index (κ1) is 16.5. The Balaban J connectivity index is 2.20. The van der Waals surface area contributed by atoms with Gasteiger partial charge in [-0.05, 0) is 33.6 Å². The van der Waals surface area contributed by atoms with E-state index in [0.29, 0.717) is 18.7 Å². The van der Waals surface area contributed by atoms with Crippen LogP contribution in [-0.2, 0) is 22.6 Å². The highest BCUT2D eigenvalue weighted by molar-refractivity contribution is 6.37. The summed E-state index contributed by atoms with van der Waals surface area (Å²) in [5.41, 5.74) is 0.0398. The molecule has 0 saturated carbocycles. The van der Waals surface area contributed by atoms with Gasteiger partial charge in [0.1, 0.15) is 0 Å². The van der Waals surface area contributed by atoms with Crippen molar-refractivity contribution in [2.24, 2.45) is 5.92 Å². The second-order valence-electron chi connectivity index (χ2n) is 6.56. The summed E-state index contributed by atoms with van der Waals surface area (Å²) >= 11 is 5.94. The Bertz CT molecular complexity index is 643. The number of fused-ring (bicyclic) bond motifs is 1. The topological polar surface area (TPSA) is 88.4 Å². The van der Waals surface area contributed by atoms with E-state index < -0.39 is 29.1 Å². The van der Waals surface area contributed by atoms with E-state index in [1.807, 2.05) is 0 Å². The highest BCUT2D eigenvalue weighted by Gasteiger charge is 2.34. The largest absolute Gasteiger partial charge is 0.478 e. The summed E-state index contributed by atoms with van der Waals surface area (Å²) in [6, 6.07) is 0. The number of amides is 1. The molecule has 0 fully saturated rings. The van der Waals surface area contributed by atoms with Crippen molar-refractivity contribution in [2.75, 3.05) is 0 Å². The average molecular weight is 327 g/mol. The Kier molecular flexibility index (Phi) is 4.33. The number of hydrogen-bond acceptors (Lipinski definition) is 3. The van der Waals surface area contributed by atoms with Gasteiger partial charge in [-0.2, -0.15) is 0 Å². The molecule has 7 heteroatoms. The van der Waals surface area contributed by atoms with E-state index in [9.17, 15) is 19.5 Å². The summed E-state index contributed by atoms with van der Waals surface area (Å²) in [5.74, 6) is -2.76. The fourth-order valence-corrected chi connectivity index (χ4v) is 2.95. The molecule has 0 bridgehead atoms. The number of ketones is 1. The number of aromatic carboxylic acids is 1. The number of nitrogens with zero attached hydrogens (tertiary/aromatic N) is 1. The number of rotatable bonds is 3.